The Morgan fingerprint density at radius 1 is 0.850 bits per heavy atom. The molecular formula is C33H41NO6. The van der Waals surface area contributed by atoms with Crippen molar-refractivity contribution in [3.05, 3.63) is 108 Å². The predicted octanol–water partition coefficient (Wildman–Crippen LogP) is 5.33. The normalized spacial score (nSPS) is 15.1. The number of methoxy groups -OCH3 is 2. The van der Waals surface area contributed by atoms with Gasteiger partial charge in [-0.2, -0.15) is 0 Å². The number of nitrogens with zero attached hydrogens (tertiary/aromatic N) is 1. The summed E-state index contributed by atoms with van der Waals surface area (Å²) >= 11 is 0. The third-order valence-electron chi connectivity index (χ3n) is 7.36. The number of ether oxygens (including phenoxy) is 3. The Balaban J connectivity index is 1.98. The molecule has 7 nitrogen and oxygen atoms in total. The molecule has 0 aliphatic heterocycles. The van der Waals surface area contributed by atoms with Gasteiger partial charge in [0.25, 0.3) is 0 Å². The number of rotatable bonds is 15. The zero-order chi connectivity index (χ0) is 29.0. The van der Waals surface area contributed by atoms with E-state index in [0.29, 0.717) is 32.6 Å². The highest BCUT2D eigenvalue weighted by molar-refractivity contribution is 5.87. The van der Waals surface area contributed by atoms with Crippen molar-refractivity contribution in [3.63, 3.8) is 0 Å². The second kappa shape index (κ2) is 15.3. The molecule has 0 bridgehead atoms. The van der Waals surface area contributed by atoms with Gasteiger partial charge in [0, 0.05) is 25.2 Å². The van der Waals surface area contributed by atoms with Crippen LogP contribution in [-0.2, 0) is 37.0 Å². The standard InChI is InChI=1S/C33H41NO6/c1-25(28-19-12-7-13-20-28)34(23-26-15-8-5-9-16-26)29(21-14-22-40-24-27-17-10-6-11-18-27)30(31(35)38-3)33(2,37)32(36)39-4/h5-13,15-20,25,29-30,37H,14,21-24H2,1-4H3/t25-,29-,30-,33-/m0/s1. The summed E-state index contributed by atoms with van der Waals surface area (Å²) in [5.74, 6) is -2.78. The zero-order valence-corrected chi connectivity index (χ0v) is 23.9. The molecule has 1 N–H and O–H groups in total. The van der Waals surface area contributed by atoms with Gasteiger partial charge in [0.1, 0.15) is 5.92 Å². The number of hydrogen-bond donors (Lipinski definition) is 1. The lowest BCUT2D eigenvalue weighted by molar-refractivity contribution is -0.182. The highest BCUT2D eigenvalue weighted by atomic mass is 16.5. The number of aliphatic hydroxyl groups is 1. The minimum absolute atomic E-state index is 0.155. The molecular weight excluding hydrogens is 506 g/mol. The molecule has 0 saturated heterocycles. The van der Waals surface area contributed by atoms with Crippen LogP contribution in [0.15, 0.2) is 91.0 Å². The van der Waals surface area contributed by atoms with Gasteiger partial charge in [0.05, 0.1) is 20.8 Å². The van der Waals surface area contributed by atoms with Gasteiger partial charge in [-0.1, -0.05) is 91.0 Å². The highest BCUT2D eigenvalue weighted by Crippen LogP contribution is 2.36. The zero-order valence-electron chi connectivity index (χ0n) is 23.9. The Morgan fingerprint density at radius 3 is 1.95 bits per heavy atom. The van der Waals surface area contributed by atoms with E-state index in [0.717, 1.165) is 16.7 Å². The van der Waals surface area contributed by atoms with Gasteiger partial charge in [-0.25, -0.2) is 4.79 Å². The van der Waals surface area contributed by atoms with Crippen LogP contribution in [0.5, 0.6) is 0 Å². The third-order valence-corrected chi connectivity index (χ3v) is 7.36. The van der Waals surface area contributed by atoms with Crippen molar-refractivity contribution in [1.29, 1.82) is 0 Å². The van der Waals surface area contributed by atoms with Crippen molar-refractivity contribution in [1.82, 2.24) is 4.90 Å². The van der Waals surface area contributed by atoms with Crippen LogP contribution in [0, 0.1) is 5.92 Å². The summed E-state index contributed by atoms with van der Waals surface area (Å²) in [4.78, 5) is 28.4. The Kier molecular flexibility index (Phi) is 11.9. The molecule has 0 fully saturated rings. The molecule has 0 amide bonds. The number of carbonyl (C=O) groups is 2. The van der Waals surface area contributed by atoms with Crippen molar-refractivity contribution in [2.24, 2.45) is 5.92 Å². The monoisotopic (exact) mass is 547 g/mol. The number of hydrogen-bond acceptors (Lipinski definition) is 7. The van der Waals surface area contributed by atoms with Gasteiger partial charge in [0.2, 0.25) is 0 Å². The van der Waals surface area contributed by atoms with E-state index in [-0.39, 0.29) is 6.04 Å². The first-order valence-corrected chi connectivity index (χ1v) is 13.6. The van der Waals surface area contributed by atoms with Gasteiger partial charge in [-0.3, -0.25) is 9.69 Å². The molecule has 3 rings (SSSR count). The maximum absolute atomic E-state index is 13.4. The molecule has 3 aromatic rings. The molecule has 7 heteroatoms. The largest absolute Gasteiger partial charge is 0.469 e. The Labute approximate surface area is 237 Å². The van der Waals surface area contributed by atoms with Crippen LogP contribution >= 0.6 is 0 Å². The second-order valence-corrected chi connectivity index (χ2v) is 10.1. The fourth-order valence-electron chi connectivity index (χ4n) is 5.16. The minimum Gasteiger partial charge on any atom is -0.469 e. The molecule has 0 radical (unpaired) electrons. The van der Waals surface area contributed by atoms with Crippen LogP contribution in [0.2, 0.25) is 0 Å². The van der Waals surface area contributed by atoms with Gasteiger partial charge in [-0.15, -0.1) is 0 Å². The summed E-state index contributed by atoms with van der Waals surface area (Å²) in [5, 5.41) is 11.5. The molecule has 0 heterocycles. The third kappa shape index (κ3) is 8.24. The van der Waals surface area contributed by atoms with Gasteiger partial charge in [0.15, 0.2) is 5.60 Å². The van der Waals surface area contributed by atoms with Crippen molar-refractivity contribution in [2.75, 3.05) is 20.8 Å². The molecule has 0 aliphatic rings. The highest BCUT2D eigenvalue weighted by Gasteiger charge is 2.51. The van der Waals surface area contributed by atoms with Crippen LogP contribution in [0.25, 0.3) is 0 Å². The molecule has 0 spiro atoms. The van der Waals surface area contributed by atoms with Crippen molar-refractivity contribution < 1.29 is 28.9 Å². The first kappa shape index (κ1) is 31.0. The van der Waals surface area contributed by atoms with Crippen molar-refractivity contribution >= 4 is 11.9 Å². The summed E-state index contributed by atoms with van der Waals surface area (Å²) in [6.07, 6.45) is 1.06. The number of esters is 2. The number of carbonyl (C=O) groups excluding carboxylic acids is 2. The van der Waals surface area contributed by atoms with E-state index < -0.39 is 29.5 Å². The summed E-state index contributed by atoms with van der Waals surface area (Å²) in [5.41, 5.74) is 1.04. The van der Waals surface area contributed by atoms with Crippen LogP contribution in [0.1, 0.15) is 49.4 Å². The molecule has 40 heavy (non-hydrogen) atoms. The van der Waals surface area contributed by atoms with E-state index in [9.17, 15) is 14.7 Å². The molecule has 3 aromatic carbocycles. The lowest BCUT2D eigenvalue weighted by Gasteiger charge is -2.43. The fraction of sp³-hybridized carbons (Fsp3) is 0.394. The van der Waals surface area contributed by atoms with E-state index in [1.165, 1.54) is 21.1 Å². The first-order valence-electron chi connectivity index (χ1n) is 13.6. The summed E-state index contributed by atoms with van der Waals surface area (Å²) in [7, 11) is 2.47. The summed E-state index contributed by atoms with van der Waals surface area (Å²) < 4.78 is 16.1. The summed E-state index contributed by atoms with van der Waals surface area (Å²) in [6, 6.07) is 29.1. The van der Waals surface area contributed by atoms with Crippen LogP contribution in [0.4, 0.5) is 0 Å². The molecule has 0 unspecified atom stereocenters. The van der Waals surface area contributed by atoms with E-state index in [4.69, 9.17) is 14.2 Å². The average molecular weight is 548 g/mol. The molecule has 4 atom stereocenters. The van der Waals surface area contributed by atoms with Crippen LogP contribution < -0.4 is 0 Å². The topological polar surface area (TPSA) is 85.3 Å². The number of benzene rings is 3. The fourth-order valence-corrected chi connectivity index (χ4v) is 5.16. The quantitative estimate of drug-likeness (QED) is 0.203. The molecule has 0 aromatic heterocycles. The Bertz CT molecular complexity index is 1170. The summed E-state index contributed by atoms with van der Waals surface area (Å²) in [6.45, 7) is 4.79. The van der Waals surface area contributed by atoms with Gasteiger partial charge in [-0.05, 0) is 43.4 Å². The Morgan fingerprint density at radius 2 is 1.40 bits per heavy atom. The second-order valence-electron chi connectivity index (χ2n) is 10.1. The molecule has 0 saturated carbocycles. The maximum Gasteiger partial charge on any atom is 0.338 e. The average Bonchev–Trinajstić information content (AvgIpc) is 2.99. The van der Waals surface area contributed by atoms with E-state index in [1.807, 2.05) is 91.0 Å². The van der Waals surface area contributed by atoms with Gasteiger partial charge >= 0.3 is 11.9 Å². The van der Waals surface area contributed by atoms with Crippen LogP contribution in [0.3, 0.4) is 0 Å². The molecule has 214 valence electrons. The lowest BCUT2D eigenvalue weighted by Crippen LogP contribution is -2.57. The van der Waals surface area contributed by atoms with E-state index >= 15 is 0 Å². The maximum atomic E-state index is 13.4. The van der Waals surface area contributed by atoms with Gasteiger partial charge < -0.3 is 19.3 Å². The van der Waals surface area contributed by atoms with Crippen molar-refractivity contribution in [2.45, 2.75) is 57.5 Å². The lowest BCUT2D eigenvalue weighted by atomic mass is 9.79. The minimum atomic E-state index is -2.12. The SMILES string of the molecule is COC(=O)[C@H]([C@H](CCCOCc1ccccc1)N(Cc1ccccc1)[C@@H](C)c1ccccc1)[C@](C)(O)C(=O)OC. The van der Waals surface area contributed by atoms with E-state index in [1.54, 1.807) is 0 Å². The Hall–Kier alpha value is -3.52. The molecule has 0 aliphatic carbocycles. The van der Waals surface area contributed by atoms with Crippen molar-refractivity contribution in [3.8, 4) is 0 Å². The predicted molar refractivity (Wildman–Crippen MR) is 154 cm³/mol. The van der Waals surface area contributed by atoms with E-state index in [2.05, 4.69) is 11.8 Å². The smallest absolute Gasteiger partial charge is 0.338 e. The van der Waals surface area contributed by atoms with Crippen LogP contribution in [-0.4, -0.2) is 54.4 Å². The first-order chi connectivity index (χ1) is 19.3.